The van der Waals surface area contributed by atoms with Crippen LogP contribution in [0.2, 0.25) is 0 Å². The Hall–Kier alpha value is -3.06. The second-order valence-electron chi connectivity index (χ2n) is 6.88. The molecule has 0 radical (unpaired) electrons. The summed E-state index contributed by atoms with van der Waals surface area (Å²) in [6.07, 6.45) is 1.77. The van der Waals surface area contributed by atoms with Crippen molar-refractivity contribution in [2.45, 2.75) is 27.7 Å². The third kappa shape index (κ3) is 3.21. The van der Waals surface area contributed by atoms with E-state index in [2.05, 4.69) is 9.56 Å². The topological polar surface area (TPSA) is 70.7 Å². The number of amides is 1. The number of carbonyl (C=O) groups excluding carboxylic acids is 1. The third-order valence-electron chi connectivity index (χ3n) is 4.96. The van der Waals surface area contributed by atoms with Crippen LogP contribution in [0.15, 0.2) is 52.0 Å². The van der Waals surface area contributed by atoms with Crippen LogP contribution in [0.1, 0.15) is 30.8 Å². The molecule has 4 rings (SSSR count). The van der Waals surface area contributed by atoms with Crippen molar-refractivity contribution in [1.82, 2.24) is 9.47 Å². The molecule has 0 atom stereocenters. The molecule has 1 amide bonds. The lowest BCUT2D eigenvalue weighted by Crippen LogP contribution is -2.37. The van der Waals surface area contributed by atoms with Crippen molar-refractivity contribution < 1.29 is 9.53 Å². The number of amidine groups is 2. The fraction of sp³-hybridized carbons (Fsp3) is 0.227. The summed E-state index contributed by atoms with van der Waals surface area (Å²) in [6, 6.07) is 9.92. The van der Waals surface area contributed by atoms with Gasteiger partial charge in [0, 0.05) is 17.1 Å². The standard InChI is InChI=1S/C22H22N4O2S/c1-5-28-19-9-7-6-8-18(19)25-13(2)10-16(15(25)4)11-17-20(23)26-14(3)12-29-22(26)24-21(17)27/h6-12,23H,5H2,1-4H3. The minimum absolute atomic E-state index is 0.165. The number of aryl methyl sites for hydroxylation is 1. The molecule has 6 nitrogen and oxygen atoms in total. The Kier molecular flexibility index (Phi) is 4.92. The highest BCUT2D eigenvalue weighted by Crippen LogP contribution is 2.33. The first-order chi connectivity index (χ1) is 13.9. The van der Waals surface area contributed by atoms with Crippen molar-refractivity contribution >= 4 is 34.7 Å². The Bertz CT molecular complexity index is 1120. The number of thioether (sulfide) groups is 1. The van der Waals surface area contributed by atoms with Gasteiger partial charge in [-0.2, -0.15) is 4.99 Å². The summed E-state index contributed by atoms with van der Waals surface area (Å²) in [4.78, 5) is 18.5. The van der Waals surface area contributed by atoms with Crippen molar-refractivity contribution in [2.24, 2.45) is 4.99 Å². The van der Waals surface area contributed by atoms with Gasteiger partial charge in [0.2, 0.25) is 0 Å². The molecule has 1 aromatic heterocycles. The Balaban J connectivity index is 1.79. The van der Waals surface area contributed by atoms with Crippen molar-refractivity contribution in [1.29, 1.82) is 5.41 Å². The number of aliphatic imine (C=N–C) groups is 1. The minimum atomic E-state index is -0.378. The molecule has 0 aliphatic carbocycles. The van der Waals surface area contributed by atoms with Gasteiger partial charge in [0.15, 0.2) is 5.17 Å². The lowest BCUT2D eigenvalue weighted by Gasteiger charge is -2.25. The van der Waals surface area contributed by atoms with E-state index >= 15 is 0 Å². The van der Waals surface area contributed by atoms with Crippen molar-refractivity contribution in [3.63, 3.8) is 0 Å². The van der Waals surface area contributed by atoms with E-state index in [9.17, 15) is 4.79 Å². The zero-order valence-electron chi connectivity index (χ0n) is 16.8. The molecule has 1 N–H and O–H groups in total. The molecule has 2 aromatic rings. The summed E-state index contributed by atoms with van der Waals surface area (Å²) in [5.74, 6) is 0.594. The average Bonchev–Trinajstić information content (AvgIpc) is 3.19. The molecule has 0 spiro atoms. The third-order valence-corrected chi connectivity index (χ3v) is 5.90. The Morgan fingerprint density at radius 3 is 2.76 bits per heavy atom. The van der Waals surface area contributed by atoms with Crippen LogP contribution < -0.4 is 4.74 Å². The second kappa shape index (κ2) is 7.40. The molecule has 148 valence electrons. The minimum Gasteiger partial charge on any atom is -0.492 e. The number of benzene rings is 1. The molecule has 2 aliphatic rings. The van der Waals surface area contributed by atoms with Gasteiger partial charge < -0.3 is 9.30 Å². The van der Waals surface area contributed by atoms with Gasteiger partial charge >= 0.3 is 0 Å². The maximum atomic E-state index is 12.6. The summed E-state index contributed by atoms with van der Waals surface area (Å²) < 4.78 is 7.91. The smallest absolute Gasteiger partial charge is 0.283 e. The van der Waals surface area contributed by atoms with E-state index in [1.54, 1.807) is 11.0 Å². The van der Waals surface area contributed by atoms with E-state index in [0.717, 1.165) is 34.1 Å². The number of nitrogens with zero attached hydrogens (tertiary/aromatic N) is 3. The summed E-state index contributed by atoms with van der Waals surface area (Å²) in [6.45, 7) is 8.48. The van der Waals surface area contributed by atoms with E-state index in [-0.39, 0.29) is 11.7 Å². The first-order valence-electron chi connectivity index (χ1n) is 9.40. The molecule has 1 aromatic carbocycles. The molecule has 0 saturated heterocycles. The highest BCUT2D eigenvalue weighted by atomic mass is 32.2. The number of rotatable bonds is 4. The van der Waals surface area contributed by atoms with Gasteiger partial charge in [-0.05, 0) is 62.9 Å². The molecular formula is C22H22N4O2S. The van der Waals surface area contributed by atoms with E-state index in [1.165, 1.54) is 11.8 Å². The Morgan fingerprint density at radius 2 is 2.00 bits per heavy atom. The lowest BCUT2D eigenvalue weighted by molar-refractivity contribution is -0.114. The average molecular weight is 407 g/mol. The fourth-order valence-corrected chi connectivity index (χ4v) is 4.48. The second-order valence-corrected chi connectivity index (χ2v) is 7.72. The number of para-hydroxylation sites is 2. The SMILES string of the molecule is CCOc1ccccc1-n1c(C)cc(C=C2C(=N)N3C(C)=CSC3=NC2=O)c1C. The summed E-state index contributed by atoms with van der Waals surface area (Å²) in [7, 11) is 0. The lowest BCUT2D eigenvalue weighted by atomic mass is 10.1. The quantitative estimate of drug-likeness (QED) is 0.750. The Labute approximate surface area is 174 Å². The predicted molar refractivity (Wildman–Crippen MR) is 118 cm³/mol. The maximum absolute atomic E-state index is 12.6. The van der Waals surface area contributed by atoms with Crippen LogP contribution in [0.25, 0.3) is 11.8 Å². The van der Waals surface area contributed by atoms with Gasteiger partial charge in [-0.25, -0.2) is 0 Å². The van der Waals surface area contributed by atoms with Crippen LogP contribution in [0.3, 0.4) is 0 Å². The molecule has 0 fully saturated rings. The van der Waals surface area contributed by atoms with E-state index in [1.807, 2.05) is 63.4 Å². The summed E-state index contributed by atoms with van der Waals surface area (Å²) >= 11 is 1.37. The molecule has 3 heterocycles. The molecule has 0 saturated carbocycles. The number of ether oxygens (including phenoxy) is 1. The van der Waals surface area contributed by atoms with Gasteiger partial charge in [-0.3, -0.25) is 15.1 Å². The van der Waals surface area contributed by atoms with Gasteiger partial charge in [0.25, 0.3) is 5.91 Å². The van der Waals surface area contributed by atoms with Gasteiger partial charge in [0.1, 0.15) is 11.6 Å². The summed E-state index contributed by atoms with van der Waals surface area (Å²) in [5, 5.41) is 11.0. The van der Waals surface area contributed by atoms with Gasteiger partial charge in [0.05, 0.1) is 17.9 Å². The molecule has 7 heteroatoms. The molecular weight excluding hydrogens is 384 g/mol. The van der Waals surface area contributed by atoms with Gasteiger partial charge in [-0.15, -0.1) is 0 Å². The fourth-order valence-electron chi connectivity index (χ4n) is 3.62. The molecule has 0 bridgehead atoms. The molecule has 0 unspecified atom stereocenters. The number of allylic oxidation sites excluding steroid dienone is 1. The van der Waals surface area contributed by atoms with Crippen molar-refractivity contribution in [2.75, 3.05) is 6.61 Å². The number of hydrogen-bond acceptors (Lipinski definition) is 4. The first-order valence-corrected chi connectivity index (χ1v) is 10.3. The normalized spacial score (nSPS) is 17.5. The van der Waals surface area contributed by atoms with Crippen molar-refractivity contribution in [3.05, 3.63) is 64.0 Å². The van der Waals surface area contributed by atoms with E-state index in [0.29, 0.717) is 17.3 Å². The number of hydrogen-bond donors (Lipinski definition) is 1. The highest BCUT2D eigenvalue weighted by Gasteiger charge is 2.34. The number of aromatic nitrogens is 1. The van der Waals surface area contributed by atoms with Crippen molar-refractivity contribution in [3.8, 4) is 11.4 Å². The van der Waals surface area contributed by atoms with Crippen LogP contribution in [-0.4, -0.2) is 33.0 Å². The van der Waals surface area contributed by atoms with Crippen LogP contribution in [0.5, 0.6) is 5.75 Å². The highest BCUT2D eigenvalue weighted by molar-refractivity contribution is 8.16. The molecule has 29 heavy (non-hydrogen) atoms. The van der Waals surface area contributed by atoms with Crippen LogP contribution in [0, 0.1) is 19.3 Å². The van der Waals surface area contributed by atoms with Crippen LogP contribution >= 0.6 is 11.8 Å². The predicted octanol–water partition coefficient (Wildman–Crippen LogP) is 4.66. The molecule has 2 aliphatic heterocycles. The Morgan fingerprint density at radius 1 is 1.24 bits per heavy atom. The zero-order valence-corrected chi connectivity index (χ0v) is 17.6. The number of carbonyl (C=O) groups is 1. The monoisotopic (exact) mass is 406 g/mol. The van der Waals surface area contributed by atoms with E-state index < -0.39 is 0 Å². The maximum Gasteiger partial charge on any atom is 0.283 e. The van der Waals surface area contributed by atoms with E-state index in [4.69, 9.17) is 10.1 Å². The number of fused-ring (bicyclic) bond motifs is 1. The first kappa shape index (κ1) is 19.3. The largest absolute Gasteiger partial charge is 0.492 e. The zero-order chi connectivity index (χ0) is 20.7. The number of nitrogens with one attached hydrogen (secondary N) is 1. The van der Waals surface area contributed by atoms with Gasteiger partial charge in [-0.1, -0.05) is 23.9 Å². The summed E-state index contributed by atoms with van der Waals surface area (Å²) in [5.41, 5.74) is 5.02. The van der Waals surface area contributed by atoms with Crippen LogP contribution in [-0.2, 0) is 4.79 Å². The van der Waals surface area contributed by atoms with Crippen LogP contribution in [0.4, 0.5) is 0 Å².